The van der Waals surface area contributed by atoms with E-state index in [1.165, 1.54) is 0 Å². The largest absolute Gasteiger partial charge is 0.496 e. The van der Waals surface area contributed by atoms with Gasteiger partial charge in [0.25, 0.3) is 0 Å². The van der Waals surface area contributed by atoms with Gasteiger partial charge in [-0.05, 0) is 17.7 Å². The van der Waals surface area contributed by atoms with Gasteiger partial charge in [0.05, 0.1) is 13.7 Å². The van der Waals surface area contributed by atoms with Gasteiger partial charge in [-0.1, -0.05) is 54.6 Å². The third-order valence-corrected chi connectivity index (χ3v) is 4.16. The molecule has 3 rings (SSSR count). The number of benzene rings is 3. The van der Waals surface area contributed by atoms with Crippen LogP contribution in [-0.2, 0) is 9.59 Å². The summed E-state index contributed by atoms with van der Waals surface area (Å²) in [5.74, 6) is -1.93. The van der Waals surface area contributed by atoms with Crippen molar-refractivity contribution in [2.75, 3.05) is 13.7 Å². The molecule has 1 unspecified atom stereocenters. The van der Waals surface area contributed by atoms with Gasteiger partial charge in [-0.25, -0.2) is 9.59 Å². The zero-order valence-corrected chi connectivity index (χ0v) is 15.9. The van der Waals surface area contributed by atoms with Gasteiger partial charge in [0.15, 0.2) is 0 Å². The lowest BCUT2D eigenvalue weighted by Gasteiger charge is -2.15. The van der Waals surface area contributed by atoms with Crippen LogP contribution in [0.2, 0.25) is 0 Å². The van der Waals surface area contributed by atoms with Crippen LogP contribution < -0.4 is 15.2 Å². The van der Waals surface area contributed by atoms with Gasteiger partial charge in [-0.2, -0.15) is 0 Å². The van der Waals surface area contributed by atoms with E-state index in [4.69, 9.17) is 35.0 Å². The Morgan fingerprint density at radius 2 is 1.38 bits per heavy atom. The molecule has 1 atom stereocenters. The quantitative estimate of drug-likeness (QED) is 0.545. The molecule has 0 saturated carbocycles. The summed E-state index contributed by atoms with van der Waals surface area (Å²) in [6.07, 6.45) is 0.768. The van der Waals surface area contributed by atoms with E-state index < -0.39 is 11.9 Å². The van der Waals surface area contributed by atoms with Crippen molar-refractivity contribution in [1.82, 2.24) is 0 Å². The van der Waals surface area contributed by atoms with Crippen molar-refractivity contribution in [3.63, 3.8) is 0 Å². The van der Waals surface area contributed by atoms with Crippen LogP contribution in [0.5, 0.6) is 11.5 Å². The van der Waals surface area contributed by atoms with Crippen molar-refractivity contribution in [2.45, 2.75) is 12.5 Å². The molecule has 0 aliphatic heterocycles. The van der Waals surface area contributed by atoms with Gasteiger partial charge in [-0.3, -0.25) is 0 Å². The minimum Gasteiger partial charge on any atom is -0.496 e. The molecule has 7 heteroatoms. The lowest BCUT2D eigenvalue weighted by molar-refractivity contribution is -0.159. The Hall–Kier alpha value is -3.58. The number of carboxylic acids is 2. The Morgan fingerprint density at radius 1 is 0.862 bits per heavy atom. The van der Waals surface area contributed by atoms with Crippen molar-refractivity contribution in [3.8, 4) is 11.5 Å². The molecular formula is C22H23NO6. The zero-order chi connectivity index (χ0) is 21.2. The van der Waals surface area contributed by atoms with Gasteiger partial charge in [-0.15, -0.1) is 0 Å². The number of fused-ring (bicyclic) bond motifs is 1. The maximum Gasteiger partial charge on any atom is 0.414 e. The Kier molecular flexibility index (Phi) is 8.00. The van der Waals surface area contributed by atoms with Crippen molar-refractivity contribution in [2.24, 2.45) is 5.73 Å². The summed E-state index contributed by atoms with van der Waals surface area (Å²) in [4.78, 5) is 18.2. The Balaban J connectivity index is 0.000000438. The number of carbonyl (C=O) groups is 2. The fraction of sp³-hybridized carbons (Fsp3) is 0.182. The molecule has 3 aromatic carbocycles. The van der Waals surface area contributed by atoms with E-state index in [1.54, 1.807) is 7.11 Å². The summed E-state index contributed by atoms with van der Waals surface area (Å²) in [5, 5.41) is 16.9. The van der Waals surface area contributed by atoms with E-state index in [0.717, 1.165) is 34.3 Å². The van der Waals surface area contributed by atoms with Crippen LogP contribution in [0.4, 0.5) is 0 Å². The first-order chi connectivity index (χ1) is 13.9. The van der Waals surface area contributed by atoms with E-state index in [9.17, 15) is 0 Å². The summed E-state index contributed by atoms with van der Waals surface area (Å²) in [6, 6.07) is 22.1. The summed E-state index contributed by atoms with van der Waals surface area (Å²) in [7, 11) is 1.68. The zero-order valence-electron chi connectivity index (χ0n) is 15.9. The molecule has 0 aliphatic rings. The number of nitrogens with two attached hydrogens (primary N) is 1. The number of methoxy groups -OCH3 is 1. The fourth-order valence-electron chi connectivity index (χ4n) is 2.71. The summed E-state index contributed by atoms with van der Waals surface area (Å²) >= 11 is 0. The molecule has 0 fully saturated rings. The van der Waals surface area contributed by atoms with E-state index >= 15 is 0 Å². The number of ether oxygens (including phenoxy) is 2. The van der Waals surface area contributed by atoms with Crippen LogP contribution in [-0.4, -0.2) is 35.9 Å². The monoisotopic (exact) mass is 397 g/mol. The highest BCUT2D eigenvalue weighted by molar-refractivity contribution is 6.27. The highest BCUT2D eigenvalue weighted by atomic mass is 16.5. The van der Waals surface area contributed by atoms with Crippen molar-refractivity contribution >= 4 is 22.7 Å². The van der Waals surface area contributed by atoms with Crippen molar-refractivity contribution < 1.29 is 29.3 Å². The molecule has 0 spiro atoms. The number of hydrogen-bond acceptors (Lipinski definition) is 5. The molecule has 0 heterocycles. The van der Waals surface area contributed by atoms with E-state index in [0.29, 0.717) is 6.61 Å². The molecule has 152 valence electrons. The first-order valence-electron chi connectivity index (χ1n) is 8.89. The molecule has 0 aliphatic carbocycles. The number of rotatable bonds is 6. The van der Waals surface area contributed by atoms with Gasteiger partial charge >= 0.3 is 11.9 Å². The van der Waals surface area contributed by atoms with Crippen LogP contribution in [0, 0.1) is 0 Å². The molecule has 0 amide bonds. The molecule has 3 aromatic rings. The van der Waals surface area contributed by atoms with Gasteiger partial charge < -0.3 is 25.4 Å². The maximum absolute atomic E-state index is 9.10. The molecule has 0 radical (unpaired) electrons. The number of aliphatic carboxylic acids is 2. The second-order valence-electron chi connectivity index (χ2n) is 6.08. The number of carboxylic acid groups (broad SMARTS) is 2. The molecule has 7 nitrogen and oxygen atoms in total. The second-order valence-corrected chi connectivity index (χ2v) is 6.08. The standard InChI is InChI=1S/C20H21NO2.C2H2O4/c1-22-19-11-12-20(17-10-6-5-9-16(17)19)23-14-13-18(21)15-7-3-2-4-8-15;3-1(4)2(5)6/h2-12,18H,13-14,21H2,1H3;(H,3,4)(H,5,6). The molecule has 0 saturated heterocycles. The first kappa shape index (κ1) is 21.7. The lowest BCUT2D eigenvalue weighted by Crippen LogP contribution is -2.14. The molecule has 0 bridgehead atoms. The number of hydrogen-bond donors (Lipinski definition) is 3. The van der Waals surface area contributed by atoms with Gasteiger partial charge in [0.2, 0.25) is 0 Å². The van der Waals surface area contributed by atoms with Crippen LogP contribution in [0.3, 0.4) is 0 Å². The summed E-state index contributed by atoms with van der Waals surface area (Å²) in [5.41, 5.74) is 7.35. The third-order valence-electron chi connectivity index (χ3n) is 4.16. The van der Waals surface area contributed by atoms with E-state index in [1.807, 2.05) is 66.7 Å². The van der Waals surface area contributed by atoms with Crippen molar-refractivity contribution in [1.29, 1.82) is 0 Å². The van der Waals surface area contributed by atoms with Crippen LogP contribution in [0.1, 0.15) is 18.0 Å². The van der Waals surface area contributed by atoms with Crippen LogP contribution >= 0.6 is 0 Å². The molecule has 4 N–H and O–H groups in total. The van der Waals surface area contributed by atoms with Crippen molar-refractivity contribution in [3.05, 3.63) is 72.3 Å². The lowest BCUT2D eigenvalue weighted by atomic mass is 10.1. The fourth-order valence-corrected chi connectivity index (χ4v) is 2.71. The van der Waals surface area contributed by atoms with Gasteiger partial charge in [0.1, 0.15) is 11.5 Å². The molecule has 0 aromatic heterocycles. The normalized spacial score (nSPS) is 11.1. The first-order valence-corrected chi connectivity index (χ1v) is 8.89. The minimum absolute atomic E-state index is 0.0132. The third kappa shape index (κ3) is 6.22. The summed E-state index contributed by atoms with van der Waals surface area (Å²) in [6.45, 7) is 0.576. The Labute approximate surface area is 168 Å². The topological polar surface area (TPSA) is 119 Å². The highest BCUT2D eigenvalue weighted by Gasteiger charge is 2.09. The molecular weight excluding hydrogens is 374 g/mol. The Morgan fingerprint density at radius 3 is 1.93 bits per heavy atom. The van der Waals surface area contributed by atoms with Crippen LogP contribution in [0.25, 0.3) is 10.8 Å². The highest BCUT2D eigenvalue weighted by Crippen LogP contribution is 2.33. The average molecular weight is 397 g/mol. The predicted octanol–water partition coefficient (Wildman–Crippen LogP) is 3.47. The average Bonchev–Trinajstić information content (AvgIpc) is 2.74. The summed E-state index contributed by atoms with van der Waals surface area (Å²) < 4.78 is 11.4. The second kappa shape index (κ2) is 10.7. The Bertz CT molecular complexity index is 946. The smallest absolute Gasteiger partial charge is 0.414 e. The van der Waals surface area contributed by atoms with E-state index in [2.05, 4.69) is 0 Å². The minimum atomic E-state index is -1.82. The van der Waals surface area contributed by atoms with Crippen LogP contribution in [0.15, 0.2) is 66.7 Å². The maximum atomic E-state index is 9.10. The SMILES string of the molecule is COc1ccc(OCCC(N)c2ccccc2)c2ccccc12.O=C(O)C(=O)O. The van der Waals surface area contributed by atoms with E-state index in [-0.39, 0.29) is 6.04 Å². The molecule has 29 heavy (non-hydrogen) atoms. The predicted molar refractivity (Wildman–Crippen MR) is 109 cm³/mol. The van der Waals surface area contributed by atoms with Gasteiger partial charge in [0, 0.05) is 23.2 Å².